The Bertz CT molecular complexity index is 1150. The number of benzene rings is 3. The van der Waals surface area contributed by atoms with Crippen molar-refractivity contribution in [1.82, 2.24) is 4.98 Å². The highest BCUT2D eigenvalue weighted by Crippen LogP contribution is 2.26. The molecule has 1 amide bonds. The van der Waals surface area contributed by atoms with Crippen molar-refractivity contribution in [3.8, 4) is 17.2 Å². The average molecular weight is 407 g/mol. The van der Waals surface area contributed by atoms with Crippen molar-refractivity contribution in [3.63, 3.8) is 0 Å². The summed E-state index contributed by atoms with van der Waals surface area (Å²) in [7, 11) is 0. The Labute approximate surface area is 173 Å². The minimum absolute atomic E-state index is 0.257. The van der Waals surface area contributed by atoms with Gasteiger partial charge in [0.05, 0.1) is 0 Å². The van der Waals surface area contributed by atoms with Gasteiger partial charge in [0.2, 0.25) is 5.89 Å². The number of nitrogens with one attached hydrogen (secondary N) is 1. The van der Waals surface area contributed by atoms with Gasteiger partial charge in [0.25, 0.3) is 5.91 Å². The third-order valence-electron chi connectivity index (χ3n) is 4.48. The number of carbonyl (C=O) groups is 1. The first-order valence-electron chi connectivity index (χ1n) is 9.19. The van der Waals surface area contributed by atoms with Crippen molar-refractivity contribution < 1.29 is 13.9 Å². The van der Waals surface area contributed by atoms with Crippen LogP contribution in [0.5, 0.6) is 5.75 Å². The number of rotatable bonds is 5. The topological polar surface area (TPSA) is 64.4 Å². The van der Waals surface area contributed by atoms with Crippen LogP contribution in [0.15, 0.2) is 71.1 Å². The molecule has 29 heavy (non-hydrogen) atoms. The van der Waals surface area contributed by atoms with Crippen LogP contribution in [0.1, 0.15) is 12.5 Å². The largest absolute Gasteiger partial charge is 0.481 e. The number of oxazole rings is 1. The zero-order chi connectivity index (χ0) is 20.4. The van der Waals surface area contributed by atoms with E-state index in [2.05, 4.69) is 10.3 Å². The normalized spacial score (nSPS) is 12.0. The number of anilines is 1. The molecule has 0 spiro atoms. The van der Waals surface area contributed by atoms with Crippen molar-refractivity contribution in [3.05, 3.63) is 77.3 Å². The second kappa shape index (κ2) is 7.97. The van der Waals surface area contributed by atoms with Gasteiger partial charge in [-0.1, -0.05) is 29.8 Å². The molecule has 0 fully saturated rings. The summed E-state index contributed by atoms with van der Waals surface area (Å²) in [6, 6.07) is 20.2. The van der Waals surface area contributed by atoms with Crippen LogP contribution in [-0.2, 0) is 4.79 Å². The summed E-state index contributed by atoms with van der Waals surface area (Å²) < 4.78 is 11.5. The zero-order valence-corrected chi connectivity index (χ0v) is 16.7. The third-order valence-corrected chi connectivity index (χ3v) is 4.91. The van der Waals surface area contributed by atoms with Crippen LogP contribution in [0.3, 0.4) is 0 Å². The Balaban J connectivity index is 1.48. The molecule has 4 aromatic rings. The maximum absolute atomic E-state index is 12.6. The molecule has 1 heterocycles. The molecule has 0 saturated carbocycles. The number of aryl methyl sites for hydroxylation is 1. The molecule has 146 valence electrons. The molecule has 5 nitrogen and oxygen atoms in total. The lowest BCUT2D eigenvalue weighted by atomic mass is 10.2. The van der Waals surface area contributed by atoms with E-state index in [1.165, 1.54) is 0 Å². The standard InChI is InChI=1S/C23H19ClN2O3/c1-14-12-18(10-11-19(14)24)28-15(2)22(27)25-17-7-5-6-16(13-17)23-26-20-8-3-4-9-21(20)29-23/h3-13,15H,1-2H3,(H,25,27). The number of hydrogen-bond donors (Lipinski definition) is 1. The number of fused-ring (bicyclic) bond motifs is 1. The number of aromatic nitrogens is 1. The van der Waals surface area contributed by atoms with Crippen LogP contribution >= 0.6 is 11.6 Å². The second-order valence-corrected chi connectivity index (χ2v) is 7.14. The Hall–Kier alpha value is -3.31. The van der Waals surface area contributed by atoms with Gasteiger partial charge in [-0.2, -0.15) is 0 Å². The molecule has 0 saturated heterocycles. The Kier molecular flexibility index (Phi) is 5.23. The van der Waals surface area contributed by atoms with E-state index in [1.54, 1.807) is 25.1 Å². The van der Waals surface area contributed by atoms with Crippen LogP contribution in [-0.4, -0.2) is 17.0 Å². The lowest BCUT2D eigenvalue weighted by Crippen LogP contribution is -2.30. The van der Waals surface area contributed by atoms with Crippen molar-refractivity contribution in [2.45, 2.75) is 20.0 Å². The fourth-order valence-corrected chi connectivity index (χ4v) is 3.04. The first-order valence-corrected chi connectivity index (χ1v) is 9.57. The quantitative estimate of drug-likeness (QED) is 0.450. The molecule has 1 aromatic heterocycles. The molecular weight excluding hydrogens is 388 g/mol. The molecule has 1 N–H and O–H groups in total. The van der Waals surface area contributed by atoms with Gasteiger partial charge in [0, 0.05) is 16.3 Å². The number of para-hydroxylation sites is 2. The number of halogens is 1. The van der Waals surface area contributed by atoms with Gasteiger partial charge >= 0.3 is 0 Å². The van der Waals surface area contributed by atoms with E-state index >= 15 is 0 Å². The predicted octanol–water partition coefficient (Wildman–Crippen LogP) is 5.86. The van der Waals surface area contributed by atoms with Crippen molar-refractivity contribution >= 4 is 34.3 Å². The van der Waals surface area contributed by atoms with Gasteiger partial charge in [-0.3, -0.25) is 4.79 Å². The minimum atomic E-state index is -0.677. The van der Waals surface area contributed by atoms with Gasteiger partial charge < -0.3 is 14.5 Å². The molecule has 0 aliphatic heterocycles. The predicted molar refractivity (Wildman–Crippen MR) is 114 cm³/mol. The van der Waals surface area contributed by atoms with Crippen molar-refractivity contribution in [1.29, 1.82) is 0 Å². The molecule has 4 rings (SSSR count). The summed E-state index contributed by atoms with van der Waals surface area (Å²) in [6.07, 6.45) is -0.677. The van der Waals surface area contributed by atoms with Crippen molar-refractivity contribution in [2.75, 3.05) is 5.32 Å². The summed E-state index contributed by atoms with van der Waals surface area (Å²) in [5, 5.41) is 3.53. The van der Waals surface area contributed by atoms with Gasteiger partial charge in [0.1, 0.15) is 11.3 Å². The van der Waals surface area contributed by atoms with E-state index in [0.29, 0.717) is 22.4 Å². The maximum Gasteiger partial charge on any atom is 0.265 e. The van der Waals surface area contributed by atoms with Crippen LogP contribution in [0, 0.1) is 6.92 Å². The Morgan fingerprint density at radius 1 is 1.10 bits per heavy atom. The molecule has 6 heteroatoms. The van der Waals surface area contributed by atoms with E-state index in [1.807, 2.05) is 55.5 Å². The van der Waals surface area contributed by atoms with E-state index in [9.17, 15) is 4.79 Å². The molecule has 0 aliphatic carbocycles. The molecule has 0 radical (unpaired) electrons. The summed E-state index contributed by atoms with van der Waals surface area (Å²) in [5.41, 5.74) is 3.82. The number of ether oxygens (including phenoxy) is 1. The summed E-state index contributed by atoms with van der Waals surface area (Å²) in [6.45, 7) is 3.58. The maximum atomic E-state index is 12.6. The highest BCUT2D eigenvalue weighted by molar-refractivity contribution is 6.31. The number of nitrogens with zero attached hydrogens (tertiary/aromatic N) is 1. The summed E-state index contributed by atoms with van der Waals surface area (Å²) in [4.78, 5) is 17.1. The minimum Gasteiger partial charge on any atom is -0.481 e. The van der Waals surface area contributed by atoms with Crippen LogP contribution in [0.4, 0.5) is 5.69 Å². The molecule has 0 aliphatic rings. The van der Waals surface area contributed by atoms with Crippen LogP contribution in [0.25, 0.3) is 22.6 Å². The van der Waals surface area contributed by atoms with Crippen LogP contribution < -0.4 is 10.1 Å². The highest BCUT2D eigenvalue weighted by atomic mass is 35.5. The van der Waals surface area contributed by atoms with E-state index in [-0.39, 0.29) is 5.91 Å². The zero-order valence-electron chi connectivity index (χ0n) is 16.0. The first kappa shape index (κ1) is 19.0. The van der Waals surface area contributed by atoms with Crippen LogP contribution in [0.2, 0.25) is 5.02 Å². The molecule has 1 atom stereocenters. The highest BCUT2D eigenvalue weighted by Gasteiger charge is 2.16. The van der Waals surface area contributed by atoms with E-state index in [0.717, 1.165) is 22.2 Å². The average Bonchev–Trinajstić information content (AvgIpc) is 3.15. The number of amides is 1. The van der Waals surface area contributed by atoms with Gasteiger partial charge in [0.15, 0.2) is 11.7 Å². The fraction of sp³-hybridized carbons (Fsp3) is 0.130. The number of hydrogen-bond acceptors (Lipinski definition) is 4. The Morgan fingerprint density at radius 3 is 2.72 bits per heavy atom. The second-order valence-electron chi connectivity index (χ2n) is 6.73. The lowest BCUT2D eigenvalue weighted by Gasteiger charge is -2.15. The third kappa shape index (κ3) is 4.25. The molecule has 3 aromatic carbocycles. The Morgan fingerprint density at radius 2 is 1.93 bits per heavy atom. The van der Waals surface area contributed by atoms with Crippen molar-refractivity contribution in [2.24, 2.45) is 0 Å². The van der Waals surface area contributed by atoms with E-state index < -0.39 is 6.10 Å². The monoisotopic (exact) mass is 406 g/mol. The first-order chi connectivity index (χ1) is 14.0. The number of carbonyl (C=O) groups excluding carboxylic acids is 1. The van der Waals surface area contributed by atoms with Gasteiger partial charge in [-0.15, -0.1) is 0 Å². The van der Waals surface area contributed by atoms with Gasteiger partial charge in [-0.25, -0.2) is 4.98 Å². The fourth-order valence-electron chi connectivity index (χ4n) is 2.92. The van der Waals surface area contributed by atoms with E-state index in [4.69, 9.17) is 20.8 Å². The lowest BCUT2D eigenvalue weighted by molar-refractivity contribution is -0.122. The molecular formula is C23H19ClN2O3. The van der Waals surface area contributed by atoms with Gasteiger partial charge in [-0.05, 0) is 67.9 Å². The molecule has 1 unspecified atom stereocenters. The SMILES string of the molecule is Cc1cc(OC(C)C(=O)Nc2cccc(-c3nc4ccccc4o3)c2)ccc1Cl. The molecule has 0 bridgehead atoms. The summed E-state index contributed by atoms with van der Waals surface area (Å²) >= 11 is 6.03. The smallest absolute Gasteiger partial charge is 0.265 e. The summed E-state index contributed by atoms with van der Waals surface area (Å²) in [5.74, 6) is 0.838.